The molecule has 26 heavy (non-hydrogen) atoms. The van der Waals surface area contributed by atoms with Gasteiger partial charge in [0.25, 0.3) is 0 Å². The van der Waals surface area contributed by atoms with Crippen LogP contribution in [0.1, 0.15) is 26.3 Å². The molecule has 0 aliphatic rings. The maximum atomic E-state index is 11.4. The van der Waals surface area contributed by atoms with Gasteiger partial charge in [-0.25, -0.2) is 0 Å². The Morgan fingerprint density at radius 3 is 1.96 bits per heavy atom. The molecule has 2 N–H and O–H groups in total. The van der Waals surface area contributed by atoms with Crippen molar-refractivity contribution < 1.29 is 28.6 Å². The van der Waals surface area contributed by atoms with Gasteiger partial charge in [-0.3, -0.25) is 14.4 Å². The van der Waals surface area contributed by atoms with Gasteiger partial charge >= 0.3 is 17.9 Å². The number of benzene rings is 1. The van der Waals surface area contributed by atoms with Crippen LogP contribution in [0.4, 0.5) is 5.13 Å². The van der Waals surface area contributed by atoms with Crippen molar-refractivity contribution in [3.05, 3.63) is 17.7 Å². The molecule has 1 aromatic carbocycles. The van der Waals surface area contributed by atoms with Crippen LogP contribution in [0.25, 0.3) is 0 Å². The van der Waals surface area contributed by atoms with Gasteiger partial charge in [0, 0.05) is 26.5 Å². The summed E-state index contributed by atoms with van der Waals surface area (Å²) >= 11 is 2.57. The van der Waals surface area contributed by atoms with Crippen LogP contribution >= 0.6 is 23.1 Å². The fraction of sp³-hybridized carbons (Fsp3) is 0.267. The van der Waals surface area contributed by atoms with Gasteiger partial charge in [-0.15, -0.1) is 10.2 Å². The second kappa shape index (κ2) is 8.63. The minimum Gasteiger partial charge on any atom is -0.423 e. The number of hydrogen-bond donors (Lipinski definition) is 1. The van der Waals surface area contributed by atoms with Gasteiger partial charge < -0.3 is 19.9 Å². The number of nitrogens with two attached hydrogens (primary N) is 1. The third kappa shape index (κ3) is 5.70. The van der Waals surface area contributed by atoms with Gasteiger partial charge in [-0.1, -0.05) is 23.1 Å². The van der Waals surface area contributed by atoms with Crippen LogP contribution in [0.5, 0.6) is 17.2 Å². The second-order valence-electron chi connectivity index (χ2n) is 4.90. The molecule has 0 radical (unpaired) electrons. The lowest BCUT2D eigenvalue weighted by molar-refractivity contribution is -0.135. The first-order valence-corrected chi connectivity index (χ1v) is 8.98. The lowest BCUT2D eigenvalue weighted by Crippen LogP contribution is -2.11. The number of carbonyl (C=O) groups is 3. The quantitative estimate of drug-likeness (QED) is 0.439. The van der Waals surface area contributed by atoms with Crippen LogP contribution in [0.3, 0.4) is 0 Å². The molecule has 0 saturated carbocycles. The predicted molar refractivity (Wildman–Crippen MR) is 94.3 cm³/mol. The average molecular weight is 397 g/mol. The highest BCUT2D eigenvalue weighted by Gasteiger charge is 2.20. The number of carbonyl (C=O) groups excluding carboxylic acids is 3. The summed E-state index contributed by atoms with van der Waals surface area (Å²) in [7, 11) is 0. The standard InChI is InChI=1S/C15H15N3O6S2/c1-7(19)22-11-4-10(6-25-15-18-17-14(16)26-15)5-12(23-8(2)20)13(11)24-9(3)21/h4-5H,6H2,1-3H3,(H2,16,17). The Morgan fingerprint density at radius 1 is 1.00 bits per heavy atom. The smallest absolute Gasteiger partial charge is 0.308 e. The van der Waals surface area contributed by atoms with Crippen LogP contribution in [-0.2, 0) is 20.1 Å². The molecule has 0 aliphatic carbocycles. The summed E-state index contributed by atoms with van der Waals surface area (Å²) in [6.07, 6.45) is 0. The van der Waals surface area contributed by atoms with E-state index in [1.807, 2.05) is 0 Å². The third-order valence-corrected chi connectivity index (χ3v) is 4.58. The molecule has 0 amide bonds. The minimum absolute atomic E-state index is 0.0289. The number of thioether (sulfide) groups is 1. The molecule has 0 aliphatic heterocycles. The zero-order valence-electron chi connectivity index (χ0n) is 14.1. The van der Waals surface area contributed by atoms with E-state index in [1.165, 1.54) is 56.0 Å². The molecule has 1 aromatic heterocycles. The SMILES string of the molecule is CC(=O)Oc1cc(CSc2nnc(N)s2)cc(OC(C)=O)c1OC(C)=O. The van der Waals surface area contributed by atoms with Gasteiger partial charge in [0.15, 0.2) is 15.8 Å². The largest absolute Gasteiger partial charge is 0.423 e. The van der Waals surface area contributed by atoms with Crippen molar-refractivity contribution in [2.24, 2.45) is 0 Å². The molecule has 1 heterocycles. The average Bonchev–Trinajstić information content (AvgIpc) is 2.92. The van der Waals surface area contributed by atoms with Crippen molar-refractivity contribution in [1.29, 1.82) is 0 Å². The van der Waals surface area contributed by atoms with E-state index in [4.69, 9.17) is 19.9 Å². The highest BCUT2D eigenvalue weighted by Crippen LogP contribution is 2.41. The Labute approximate surface area is 156 Å². The van der Waals surface area contributed by atoms with E-state index < -0.39 is 17.9 Å². The van der Waals surface area contributed by atoms with Crippen molar-refractivity contribution in [2.45, 2.75) is 30.9 Å². The van der Waals surface area contributed by atoms with Crippen molar-refractivity contribution in [2.75, 3.05) is 5.73 Å². The summed E-state index contributed by atoms with van der Waals surface area (Å²) in [6, 6.07) is 3.04. The number of esters is 3. The summed E-state index contributed by atoms with van der Waals surface area (Å²) in [5, 5.41) is 7.96. The van der Waals surface area contributed by atoms with Gasteiger partial charge in [0.1, 0.15) is 0 Å². The zero-order valence-corrected chi connectivity index (χ0v) is 15.7. The number of nitrogen functional groups attached to an aromatic ring is 1. The van der Waals surface area contributed by atoms with Gasteiger partial charge in [0.2, 0.25) is 10.9 Å². The fourth-order valence-electron chi connectivity index (χ4n) is 1.84. The summed E-state index contributed by atoms with van der Waals surface area (Å²) in [5.74, 6) is -1.69. The van der Waals surface area contributed by atoms with Crippen molar-refractivity contribution in [3.8, 4) is 17.2 Å². The molecule has 2 aromatic rings. The molecule has 0 bridgehead atoms. The summed E-state index contributed by atoms with van der Waals surface area (Å²) in [5.41, 5.74) is 6.19. The molecule has 0 atom stereocenters. The van der Waals surface area contributed by atoms with E-state index >= 15 is 0 Å². The Bertz CT molecular complexity index is 815. The van der Waals surface area contributed by atoms with E-state index in [1.54, 1.807) is 0 Å². The van der Waals surface area contributed by atoms with Crippen LogP contribution in [-0.4, -0.2) is 28.1 Å². The first kappa shape index (κ1) is 19.7. The first-order valence-electron chi connectivity index (χ1n) is 7.18. The van der Waals surface area contributed by atoms with Gasteiger partial charge in [-0.2, -0.15) is 0 Å². The maximum absolute atomic E-state index is 11.4. The monoisotopic (exact) mass is 397 g/mol. The Hall–Kier alpha value is -2.66. The maximum Gasteiger partial charge on any atom is 0.308 e. The zero-order chi connectivity index (χ0) is 19.3. The predicted octanol–water partition coefficient (Wildman–Crippen LogP) is 2.19. The Kier molecular flexibility index (Phi) is 6.52. The van der Waals surface area contributed by atoms with Crippen molar-refractivity contribution in [3.63, 3.8) is 0 Å². The second-order valence-corrected chi connectivity index (χ2v) is 7.13. The van der Waals surface area contributed by atoms with Crippen LogP contribution < -0.4 is 19.9 Å². The van der Waals surface area contributed by atoms with Crippen molar-refractivity contribution in [1.82, 2.24) is 10.2 Å². The molecule has 9 nitrogen and oxygen atoms in total. The molecule has 0 unspecified atom stereocenters. The summed E-state index contributed by atoms with van der Waals surface area (Å²) < 4.78 is 15.9. The van der Waals surface area contributed by atoms with E-state index in [2.05, 4.69) is 10.2 Å². The number of ether oxygens (including phenoxy) is 3. The topological polar surface area (TPSA) is 131 Å². The first-order chi connectivity index (χ1) is 12.2. The Balaban J connectivity index is 2.38. The molecule has 0 spiro atoms. The molecular weight excluding hydrogens is 382 g/mol. The number of rotatable bonds is 6. The Morgan fingerprint density at radius 2 is 1.54 bits per heavy atom. The number of aromatic nitrogens is 2. The summed E-state index contributed by atoms with van der Waals surface area (Å²) in [4.78, 5) is 34.1. The van der Waals surface area contributed by atoms with E-state index in [-0.39, 0.29) is 17.2 Å². The molecule has 11 heteroatoms. The van der Waals surface area contributed by atoms with Gasteiger partial charge in [-0.05, 0) is 17.7 Å². The lowest BCUT2D eigenvalue weighted by atomic mass is 10.2. The molecule has 138 valence electrons. The normalized spacial score (nSPS) is 10.3. The van der Waals surface area contributed by atoms with E-state index in [9.17, 15) is 14.4 Å². The van der Waals surface area contributed by atoms with Crippen molar-refractivity contribution >= 4 is 46.1 Å². The molecule has 0 fully saturated rings. The van der Waals surface area contributed by atoms with Crippen LogP contribution in [0.15, 0.2) is 16.5 Å². The van der Waals surface area contributed by atoms with Crippen LogP contribution in [0.2, 0.25) is 0 Å². The van der Waals surface area contributed by atoms with E-state index in [0.29, 0.717) is 20.8 Å². The number of hydrogen-bond acceptors (Lipinski definition) is 11. The molecular formula is C15H15N3O6S2. The van der Waals surface area contributed by atoms with Gasteiger partial charge in [0.05, 0.1) is 0 Å². The fourth-order valence-corrected chi connectivity index (χ4v) is 3.41. The molecule has 2 rings (SSSR count). The highest BCUT2D eigenvalue weighted by atomic mass is 32.2. The number of anilines is 1. The lowest BCUT2D eigenvalue weighted by Gasteiger charge is -2.14. The third-order valence-electron chi connectivity index (χ3n) is 2.62. The highest BCUT2D eigenvalue weighted by molar-refractivity contribution is 8.00. The summed E-state index contributed by atoms with van der Waals surface area (Å²) in [6.45, 7) is 3.59. The minimum atomic E-state index is -0.654. The van der Waals surface area contributed by atoms with Crippen LogP contribution in [0, 0.1) is 0 Å². The number of nitrogens with zero attached hydrogens (tertiary/aromatic N) is 2. The van der Waals surface area contributed by atoms with E-state index in [0.717, 1.165) is 0 Å². The molecule has 0 saturated heterocycles.